The third-order valence-electron chi connectivity index (χ3n) is 3.57. The average molecular weight is 353 g/mol. The molecule has 0 unspecified atom stereocenters. The van der Waals surface area contributed by atoms with Gasteiger partial charge in [-0.1, -0.05) is 35.3 Å². The maximum absolute atomic E-state index is 13.1. The monoisotopic (exact) mass is 352 g/mol. The first-order valence-electron chi connectivity index (χ1n) is 6.76. The summed E-state index contributed by atoms with van der Waals surface area (Å²) in [5.74, 6) is -1.45. The molecule has 1 N–H and O–H groups in total. The Morgan fingerprint density at radius 2 is 1.91 bits per heavy atom. The molecule has 0 fully saturated rings. The molecule has 0 aliphatic carbocycles. The Hall–Kier alpha value is -2.11. The van der Waals surface area contributed by atoms with Crippen LogP contribution in [-0.2, 0) is 4.79 Å². The second kappa shape index (κ2) is 6.18. The summed E-state index contributed by atoms with van der Waals surface area (Å²) in [4.78, 5) is 11.3. The van der Waals surface area contributed by atoms with Gasteiger partial charge in [-0.05, 0) is 35.9 Å². The van der Waals surface area contributed by atoms with Crippen molar-refractivity contribution in [3.8, 4) is 0 Å². The second-order valence-electron chi connectivity index (χ2n) is 5.06. The van der Waals surface area contributed by atoms with Gasteiger partial charge in [0.05, 0.1) is 16.8 Å². The van der Waals surface area contributed by atoms with Crippen molar-refractivity contribution in [3.63, 3.8) is 0 Å². The molecule has 1 aliphatic heterocycles. The van der Waals surface area contributed by atoms with Crippen LogP contribution in [0.25, 0.3) is 0 Å². The zero-order valence-corrected chi connectivity index (χ0v) is 13.2. The van der Waals surface area contributed by atoms with Crippen molar-refractivity contribution in [3.05, 3.63) is 63.9 Å². The third kappa shape index (κ3) is 3.16. The van der Waals surface area contributed by atoms with E-state index < -0.39 is 5.97 Å². The standard InChI is InChI=1S/C16H11Cl2FN2O2/c17-10-3-6-14(12(18)7-10)21-15(8-13(20-21)16(22)23)9-1-4-11(19)5-2-9/h1-7,15H,8H2,(H,22,23)/t15-/m1/s1. The van der Waals surface area contributed by atoms with Gasteiger partial charge in [-0.3, -0.25) is 5.01 Å². The number of rotatable bonds is 3. The number of hydrogen-bond acceptors (Lipinski definition) is 3. The molecule has 0 amide bonds. The summed E-state index contributed by atoms with van der Waals surface area (Å²) in [7, 11) is 0. The fourth-order valence-electron chi connectivity index (χ4n) is 2.47. The van der Waals surface area contributed by atoms with Gasteiger partial charge in [0, 0.05) is 11.4 Å². The number of benzene rings is 2. The van der Waals surface area contributed by atoms with Gasteiger partial charge in [0.2, 0.25) is 0 Å². The number of carbonyl (C=O) groups is 1. The van der Waals surface area contributed by atoms with Crippen molar-refractivity contribution in [2.45, 2.75) is 12.5 Å². The van der Waals surface area contributed by atoms with Crippen LogP contribution in [0.2, 0.25) is 10.0 Å². The molecule has 0 spiro atoms. The first-order valence-corrected chi connectivity index (χ1v) is 7.52. The normalized spacial score (nSPS) is 17.3. The SMILES string of the molecule is O=C(O)C1=NN(c2ccc(Cl)cc2Cl)[C@@H](c2ccc(F)cc2)C1. The van der Waals surface area contributed by atoms with E-state index in [4.69, 9.17) is 23.2 Å². The summed E-state index contributed by atoms with van der Waals surface area (Å²) in [6.45, 7) is 0. The predicted molar refractivity (Wildman–Crippen MR) is 87.8 cm³/mol. The molecule has 0 radical (unpaired) electrons. The lowest BCUT2D eigenvalue weighted by atomic mass is 10.0. The second-order valence-corrected chi connectivity index (χ2v) is 5.91. The van der Waals surface area contributed by atoms with Crippen LogP contribution in [0.4, 0.5) is 10.1 Å². The first kappa shape index (κ1) is 15.8. The topological polar surface area (TPSA) is 52.9 Å². The van der Waals surface area contributed by atoms with Gasteiger partial charge in [0.15, 0.2) is 0 Å². The van der Waals surface area contributed by atoms with Gasteiger partial charge in [0.1, 0.15) is 11.5 Å². The van der Waals surface area contributed by atoms with Gasteiger partial charge >= 0.3 is 5.97 Å². The van der Waals surface area contributed by atoms with Gasteiger partial charge in [-0.2, -0.15) is 5.10 Å². The first-order chi connectivity index (χ1) is 11.0. The number of aliphatic carboxylic acids is 1. The zero-order chi connectivity index (χ0) is 16.6. The molecule has 7 heteroatoms. The highest BCUT2D eigenvalue weighted by atomic mass is 35.5. The lowest BCUT2D eigenvalue weighted by Gasteiger charge is -2.24. The van der Waals surface area contributed by atoms with Crippen LogP contribution in [-0.4, -0.2) is 16.8 Å². The van der Waals surface area contributed by atoms with Crippen molar-refractivity contribution in [1.29, 1.82) is 0 Å². The highest BCUT2D eigenvalue weighted by Gasteiger charge is 2.33. The molecule has 0 aromatic heterocycles. The van der Waals surface area contributed by atoms with Crippen molar-refractivity contribution in [2.24, 2.45) is 5.10 Å². The molecule has 2 aromatic carbocycles. The zero-order valence-electron chi connectivity index (χ0n) is 11.7. The van der Waals surface area contributed by atoms with Crippen molar-refractivity contribution in [2.75, 3.05) is 5.01 Å². The molecule has 1 heterocycles. The number of hydrogen-bond donors (Lipinski definition) is 1. The van der Waals surface area contributed by atoms with Crippen LogP contribution in [0.15, 0.2) is 47.6 Å². The highest BCUT2D eigenvalue weighted by Crippen LogP contribution is 2.39. The number of hydrazone groups is 1. The number of anilines is 1. The third-order valence-corrected chi connectivity index (χ3v) is 4.11. The van der Waals surface area contributed by atoms with Gasteiger partial charge in [0.25, 0.3) is 0 Å². The van der Waals surface area contributed by atoms with Crippen LogP contribution in [0, 0.1) is 5.82 Å². The average Bonchev–Trinajstić information content (AvgIpc) is 2.93. The van der Waals surface area contributed by atoms with Crippen LogP contribution in [0.3, 0.4) is 0 Å². The minimum atomic E-state index is -1.09. The number of carboxylic acid groups (broad SMARTS) is 1. The number of nitrogens with zero attached hydrogens (tertiary/aromatic N) is 2. The van der Waals surface area contributed by atoms with E-state index in [0.717, 1.165) is 5.56 Å². The number of halogens is 3. The van der Waals surface area contributed by atoms with E-state index in [-0.39, 0.29) is 24.0 Å². The van der Waals surface area contributed by atoms with Gasteiger partial charge < -0.3 is 5.11 Å². The lowest BCUT2D eigenvalue weighted by Crippen LogP contribution is -2.19. The van der Waals surface area contributed by atoms with Gasteiger partial charge in [-0.15, -0.1) is 0 Å². The van der Waals surface area contributed by atoms with Gasteiger partial charge in [-0.25, -0.2) is 9.18 Å². The maximum atomic E-state index is 13.1. The summed E-state index contributed by atoms with van der Waals surface area (Å²) >= 11 is 12.1. The number of carboxylic acids is 1. The van der Waals surface area contributed by atoms with E-state index in [9.17, 15) is 14.3 Å². The molecule has 1 aliphatic rings. The Labute approximate surface area is 141 Å². The summed E-state index contributed by atoms with van der Waals surface area (Å²) in [6, 6.07) is 10.4. The van der Waals surface area contributed by atoms with Crippen LogP contribution in [0.5, 0.6) is 0 Å². The van der Waals surface area contributed by atoms with Crippen molar-refractivity contribution < 1.29 is 14.3 Å². The van der Waals surface area contributed by atoms with E-state index >= 15 is 0 Å². The Morgan fingerprint density at radius 3 is 2.52 bits per heavy atom. The van der Waals surface area contributed by atoms with Crippen molar-refractivity contribution >= 4 is 40.6 Å². The van der Waals surface area contributed by atoms with E-state index in [1.165, 1.54) is 17.1 Å². The molecule has 0 bridgehead atoms. The van der Waals surface area contributed by atoms with Crippen LogP contribution in [0.1, 0.15) is 18.0 Å². The largest absolute Gasteiger partial charge is 0.477 e. The van der Waals surface area contributed by atoms with Crippen LogP contribution >= 0.6 is 23.2 Å². The Bertz CT molecular complexity index is 793. The highest BCUT2D eigenvalue weighted by molar-refractivity contribution is 6.38. The van der Waals surface area contributed by atoms with E-state index in [1.54, 1.807) is 30.3 Å². The molecule has 3 rings (SSSR count). The Kier molecular flexibility index (Phi) is 4.24. The summed E-state index contributed by atoms with van der Waals surface area (Å²) in [5.41, 5.74) is 1.31. The molecule has 2 aromatic rings. The fourth-order valence-corrected chi connectivity index (χ4v) is 2.97. The minimum absolute atomic E-state index is 0.0188. The molecule has 0 saturated heterocycles. The molecule has 0 saturated carbocycles. The molecule has 118 valence electrons. The fraction of sp³-hybridized carbons (Fsp3) is 0.125. The Morgan fingerprint density at radius 1 is 1.22 bits per heavy atom. The summed E-state index contributed by atoms with van der Waals surface area (Å²) < 4.78 is 13.1. The molecular formula is C16H11Cl2FN2O2. The Balaban J connectivity index is 2.04. The molecule has 4 nitrogen and oxygen atoms in total. The molecule has 1 atom stereocenters. The maximum Gasteiger partial charge on any atom is 0.352 e. The predicted octanol–water partition coefficient (Wildman–Crippen LogP) is 4.52. The lowest BCUT2D eigenvalue weighted by molar-refractivity contribution is -0.129. The minimum Gasteiger partial charge on any atom is -0.477 e. The quantitative estimate of drug-likeness (QED) is 0.882. The smallest absolute Gasteiger partial charge is 0.352 e. The van der Waals surface area contributed by atoms with Crippen molar-refractivity contribution in [1.82, 2.24) is 0 Å². The van der Waals surface area contributed by atoms with Crippen LogP contribution < -0.4 is 5.01 Å². The summed E-state index contributed by atoms with van der Waals surface area (Å²) in [5, 5.41) is 15.8. The molecule has 23 heavy (non-hydrogen) atoms. The van der Waals surface area contributed by atoms with E-state index in [1.807, 2.05) is 0 Å². The molecular weight excluding hydrogens is 342 g/mol. The van der Waals surface area contributed by atoms with E-state index in [0.29, 0.717) is 15.7 Å². The summed E-state index contributed by atoms with van der Waals surface area (Å²) in [6.07, 6.45) is 0.194. The van der Waals surface area contributed by atoms with E-state index in [2.05, 4.69) is 5.10 Å².